The molecule has 6 nitrogen and oxygen atoms in total. The molecule has 0 saturated heterocycles. The minimum Gasteiger partial charge on any atom is -0.508 e. The fraction of sp³-hybridized carbons (Fsp3) is 0.409. The summed E-state index contributed by atoms with van der Waals surface area (Å²) in [6.45, 7) is 2.16. The summed E-state index contributed by atoms with van der Waals surface area (Å²) in [5.41, 5.74) is 5.45. The molecule has 0 saturated carbocycles. The van der Waals surface area contributed by atoms with Gasteiger partial charge in [-0.05, 0) is 61.4 Å². The number of amides is 1. The molecule has 0 fully saturated rings. The predicted octanol–water partition coefficient (Wildman–Crippen LogP) is 4.21. The molecule has 2 rings (SSSR count). The summed E-state index contributed by atoms with van der Waals surface area (Å²) in [5, 5.41) is 9.32. The number of nitrogens with two attached hydrogens (primary N) is 1. The number of benzene rings is 2. The predicted molar refractivity (Wildman–Crippen MR) is 112 cm³/mol. The molecule has 29 heavy (non-hydrogen) atoms. The first-order chi connectivity index (χ1) is 13.8. The van der Waals surface area contributed by atoms with Gasteiger partial charge in [0.2, 0.25) is 9.84 Å². The molecule has 2 aromatic carbocycles. The van der Waals surface area contributed by atoms with E-state index in [0.717, 1.165) is 19.3 Å². The Hall–Kier alpha value is -2.54. The highest BCUT2D eigenvalue weighted by Gasteiger charge is 2.20. The van der Waals surface area contributed by atoms with Crippen molar-refractivity contribution >= 4 is 15.7 Å². The third-order valence-electron chi connectivity index (χ3n) is 4.70. The van der Waals surface area contributed by atoms with Gasteiger partial charge in [0.25, 0.3) is 5.91 Å². The van der Waals surface area contributed by atoms with Gasteiger partial charge < -0.3 is 15.6 Å². The maximum absolute atomic E-state index is 12.6. The number of aromatic hydroxyl groups is 1. The van der Waals surface area contributed by atoms with Crippen molar-refractivity contribution in [2.45, 2.75) is 67.8 Å². The van der Waals surface area contributed by atoms with E-state index in [1.165, 1.54) is 67.8 Å². The zero-order chi connectivity index (χ0) is 21.3. The summed E-state index contributed by atoms with van der Waals surface area (Å²) in [6, 6.07) is 11.2. The Morgan fingerprint density at radius 1 is 0.931 bits per heavy atom. The highest BCUT2D eigenvalue weighted by molar-refractivity contribution is 7.91. The Bertz CT molecular complexity index is 876. The van der Waals surface area contributed by atoms with Crippen LogP contribution in [-0.4, -0.2) is 25.5 Å². The number of sulfone groups is 1. The number of primary amides is 1. The van der Waals surface area contributed by atoms with Crippen molar-refractivity contribution in [1.82, 2.24) is 0 Å². The summed E-state index contributed by atoms with van der Waals surface area (Å²) in [6.07, 6.45) is 6.40. The Morgan fingerprint density at radius 3 is 2.00 bits per heavy atom. The fourth-order valence-electron chi connectivity index (χ4n) is 2.99. The van der Waals surface area contributed by atoms with Crippen LogP contribution in [0, 0.1) is 0 Å². The number of hydrogen-bond donors (Lipinski definition) is 2. The lowest BCUT2D eigenvalue weighted by atomic mass is 10.1. The smallest absolute Gasteiger partial charge is 0.258 e. The number of rotatable bonds is 12. The first-order valence-electron chi connectivity index (χ1n) is 9.94. The molecule has 0 aliphatic carbocycles. The standard InChI is InChI=1S/C22H29NO5S/c1-2-3-4-5-6-7-8-21(22(23)25)28-18-11-15-20(16-12-18)29(26,27)19-13-9-17(24)10-14-19/h9-16,21,24H,2-8H2,1H3,(H2,23,25). The zero-order valence-electron chi connectivity index (χ0n) is 16.7. The average molecular weight is 420 g/mol. The second-order valence-electron chi connectivity index (χ2n) is 7.03. The third kappa shape index (κ3) is 6.78. The summed E-state index contributed by atoms with van der Waals surface area (Å²) >= 11 is 0. The molecule has 2 aromatic rings. The van der Waals surface area contributed by atoms with Crippen LogP contribution in [0.25, 0.3) is 0 Å². The maximum Gasteiger partial charge on any atom is 0.258 e. The van der Waals surface area contributed by atoms with Crippen molar-refractivity contribution in [3.63, 3.8) is 0 Å². The molecule has 7 heteroatoms. The molecular formula is C22H29NO5S. The molecule has 158 valence electrons. The molecule has 0 bridgehead atoms. The van der Waals surface area contributed by atoms with E-state index in [0.29, 0.717) is 12.2 Å². The minimum absolute atomic E-state index is 0.00412. The van der Waals surface area contributed by atoms with E-state index in [4.69, 9.17) is 10.5 Å². The molecule has 0 radical (unpaired) electrons. The summed E-state index contributed by atoms with van der Waals surface area (Å²) in [7, 11) is -3.70. The van der Waals surface area contributed by atoms with Gasteiger partial charge in [0.1, 0.15) is 11.5 Å². The lowest BCUT2D eigenvalue weighted by Crippen LogP contribution is -2.33. The van der Waals surface area contributed by atoms with Crippen LogP contribution in [0.2, 0.25) is 0 Å². The van der Waals surface area contributed by atoms with Crippen molar-refractivity contribution < 1.29 is 23.1 Å². The van der Waals surface area contributed by atoms with E-state index >= 15 is 0 Å². The first kappa shape index (κ1) is 22.7. The molecule has 1 amide bonds. The average Bonchev–Trinajstić information content (AvgIpc) is 2.70. The van der Waals surface area contributed by atoms with E-state index in [1.54, 1.807) is 0 Å². The Labute approximate surface area is 172 Å². The number of phenolic OH excluding ortho intramolecular Hbond substituents is 1. The van der Waals surface area contributed by atoms with E-state index in [1.807, 2.05) is 0 Å². The zero-order valence-corrected chi connectivity index (χ0v) is 17.5. The molecule has 1 unspecified atom stereocenters. The Morgan fingerprint density at radius 2 is 1.45 bits per heavy atom. The van der Waals surface area contributed by atoms with Gasteiger partial charge in [-0.3, -0.25) is 4.79 Å². The van der Waals surface area contributed by atoms with Gasteiger partial charge in [0.05, 0.1) is 9.79 Å². The molecule has 0 aliphatic heterocycles. The molecule has 1 atom stereocenters. The summed E-state index contributed by atoms with van der Waals surface area (Å²) in [5.74, 6) is -0.139. The quantitative estimate of drug-likeness (QED) is 0.501. The van der Waals surface area contributed by atoms with Gasteiger partial charge in [-0.25, -0.2) is 8.42 Å². The van der Waals surface area contributed by atoms with Gasteiger partial charge in [-0.2, -0.15) is 0 Å². The molecule has 0 spiro atoms. The normalized spacial score (nSPS) is 12.4. The highest BCUT2D eigenvalue weighted by atomic mass is 32.2. The second kappa shape index (κ2) is 10.9. The lowest BCUT2D eigenvalue weighted by Gasteiger charge is -2.16. The number of hydrogen-bond acceptors (Lipinski definition) is 5. The van der Waals surface area contributed by atoms with Crippen molar-refractivity contribution in [3.05, 3.63) is 48.5 Å². The SMILES string of the molecule is CCCCCCCCC(Oc1ccc(S(=O)(=O)c2ccc(O)cc2)cc1)C(N)=O. The van der Waals surface area contributed by atoms with Crippen LogP contribution in [0.1, 0.15) is 51.9 Å². The van der Waals surface area contributed by atoms with E-state index in [-0.39, 0.29) is 15.5 Å². The Balaban J connectivity index is 1.98. The van der Waals surface area contributed by atoms with Crippen molar-refractivity contribution in [2.24, 2.45) is 5.73 Å². The van der Waals surface area contributed by atoms with Crippen molar-refractivity contribution in [2.75, 3.05) is 0 Å². The minimum atomic E-state index is -3.70. The second-order valence-corrected chi connectivity index (χ2v) is 8.98. The number of carbonyl (C=O) groups excluding carboxylic acids is 1. The summed E-state index contributed by atoms with van der Waals surface area (Å²) in [4.78, 5) is 11.9. The lowest BCUT2D eigenvalue weighted by molar-refractivity contribution is -0.125. The van der Waals surface area contributed by atoms with Crippen LogP contribution in [0.5, 0.6) is 11.5 Å². The van der Waals surface area contributed by atoms with E-state index in [9.17, 15) is 18.3 Å². The molecule has 0 aliphatic rings. The van der Waals surface area contributed by atoms with Gasteiger partial charge >= 0.3 is 0 Å². The van der Waals surface area contributed by atoms with Crippen molar-refractivity contribution in [3.8, 4) is 11.5 Å². The number of unbranched alkanes of at least 4 members (excludes halogenated alkanes) is 5. The summed E-state index contributed by atoms with van der Waals surface area (Å²) < 4.78 is 31.0. The molecular weight excluding hydrogens is 390 g/mol. The van der Waals surface area contributed by atoms with Crippen LogP contribution in [-0.2, 0) is 14.6 Å². The van der Waals surface area contributed by atoms with Crippen LogP contribution in [0.4, 0.5) is 0 Å². The Kier molecular flexibility index (Phi) is 8.51. The van der Waals surface area contributed by atoms with Crippen molar-refractivity contribution in [1.29, 1.82) is 0 Å². The maximum atomic E-state index is 12.6. The third-order valence-corrected chi connectivity index (χ3v) is 6.48. The monoisotopic (exact) mass is 419 g/mol. The largest absolute Gasteiger partial charge is 0.508 e. The van der Waals surface area contributed by atoms with Gasteiger partial charge in [-0.1, -0.05) is 39.0 Å². The van der Waals surface area contributed by atoms with Gasteiger partial charge in [0, 0.05) is 0 Å². The number of carbonyl (C=O) groups is 1. The number of ether oxygens (including phenoxy) is 1. The van der Waals surface area contributed by atoms with E-state index < -0.39 is 21.8 Å². The van der Waals surface area contributed by atoms with Crippen LogP contribution in [0.3, 0.4) is 0 Å². The van der Waals surface area contributed by atoms with E-state index in [2.05, 4.69) is 6.92 Å². The van der Waals surface area contributed by atoms with Crippen LogP contribution >= 0.6 is 0 Å². The molecule has 3 N–H and O–H groups in total. The van der Waals surface area contributed by atoms with Gasteiger partial charge in [-0.15, -0.1) is 0 Å². The van der Waals surface area contributed by atoms with Crippen LogP contribution < -0.4 is 10.5 Å². The number of phenols is 1. The molecule has 0 aromatic heterocycles. The highest BCUT2D eigenvalue weighted by Crippen LogP contribution is 2.25. The topological polar surface area (TPSA) is 107 Å². The first-order valence-corrected chi connectivity index (χ1v) is 11.4. The van der Waals surface area contributed by atoms with Gasteiger partial charge in [0.15, 0.2) is 6.10 Å². The van der Waals surface area contributed by atoms with Crippen LogP contribution in [0.15, 0.2) is 58.3 Å². The fourth-order valence-corrected chi connectivity index (χ4v) is 4.25. The molecule has 0 heterocycles.